The van der Waals surface area contributed by atoms with Crippen molar-refractivity contribution < 1.29 is 77.9 Å². The minimum Gasteiger partial charge on any atom is -0.445 e. The van der Waals surface area contributed by atoms with Gasteiger partial charge in [0.2, 0.25) is 59.1 Å². The van der Waals surface area contributed by atoms with Crippen molar-refractivity contribution in [3.63, 3.8) is 0 Å². The third-order valence-electron chi connectivity index (χ3n) is 14.0. The van der Waals surface area contributed by atoms with Crippen LogP contribution in [0.15, 0.2) is 59.6 Å². The number of aliphatic imine (C=N–C) groups is 1. The van der Waals surface area contributed by atoms with Crippen molar-refractivity contribution in [2.24, 2.45) is 39.9 Å². The normalized spacial score (nSPS) is 24.2. The Hall–Kier alpha value is -8.68. The van der Waals surface area contributed by atoms with Gasteiger partial charge in [-0.25, -0.2) is 4.79 Å². The molecule has 0 aliphatic carbocycles. The molecular weight excluding hydrogens is 1140 g/mol. The maximum absolute atomic E-state index is 15.2. The molecule has 0 aromatic heterocycles. The molecule has 1 heterocycles. The lowest BCUT2D eigenvalue weighted by Gasteiger charge is -2.33. The number of carbonyl (C=O) groups excluding carboxylic acids is 11. The Balaban J connectivity index is 2.38. The molecule has 0 spiro atoms. The maximum Gasteiger partial charge on any atom is 0.408 e. The molecule has 0 bridgehead atoms. The zero-order valence-corrected chi connectivity index (χ0v) is 50.3. The predicted molar refractivity (Wildman–Crippen MR) is 315 cm³/mol. The third kappa shape index (κ3) is 22.9. The number of nitrogens with zero attached hydrogens (tertiary/aromatic N) is 2. The van der Waals surface area contributed by atoms with E-state index in [1.54, 1.807) is 89.2 Å². The molecule has 1 aliphatic heterocycles. The van der Waals surface area contributed by atoms with Crippen LogP contribution in [0, 0.1) is 17.8 Å². The summed E-state index contributed by atoms with van der Waals surface area (Å²) in [5.41, 5.74) is 17.6. The Kier molecular flexibility index (Phi) is 29.3. The average molecular weight is 1230 g/mol. The third-order valence-corrected chi connectivity index (χ3v) is 14.0. The first-order chi connectivity index (χ1) is 40.9. The zero-order chi connectivity index (χ0) is 65.4. The van der Waals surface area contributed by atoms with Gasteiger partial charge in [-0.3, -0.25) is 52.9 Å². The van der Waals surface area contributed by atoms with Crippen molar-refractivity contribution in [3.05, 3.63) is 65.7 Å². The van der Waals surface area contributed by atoms with Crippen molar-refractivity contribution in [2.75, 3.05) is 38.7 Å². The summed E-state index contributed by atoms with van der Waals surface area (Å²) >= 11 is 0. The number of nitrogens with one attached hydrogen (secondary N) is 10. The summed E-state index contributed by atoms with van der Waals surface area (Å²) in [4.78, 5) is 161. The van der Waals surface area contributed by atoms with Crippen LogP contribution in [0.25, 0.3) is 0 Å². The van der Waals surface area contributed by atoms with Gasteiger partial charge in [-0.15, -0.1) is 0 Å². The number of nitrogens with two attached hydrogens (primary N) is 3. The van der Waals surface area contributed by atoms with Gasteiger partial charge in [0.15, 0.2) is 12.1 Å². The zero-order valence-electron chi connectivity index (χ0n) is 50.3. The number of rotatable bonds is 19. The van der Waals surface area contributed by atoms with Crippen LogP contribution in [0.1, 0.15) is 91.3 Å². The maximum atomic E-state index is 15.2. The van der Waals surface area contributed by atoms with E-state index < -0.39 is 163 Å². The lowest BCUT2D eigenvalue weighted by molar-refractivity contribution is -0.140. The monoisotopic (exact) mass is 1230 g/mol. The van der Waals surface area contributed by atoms with Crippen LogP contribution >= 0.6 is 0 Å². The van der Waals surface area contributed by atoms with Crippen molar-refractivity contribution in [1.29, 1.82) is 0 Å². The van der Waals surface area contributed by atoms with E-state index in [4.69, 9.17) is 21.9 Å². The molecule has 0 saturated carbocycles. The number of alkyl carbamates (subject to hydrolysis) is 1. The molecule has 3 rings (SSSR count). The second-order valence-corrected chi connectivity index (χ2v) is 22.0. The Morgan fingerprint density at radius 1 is 0.667 bits per heavy atom. The van der Waals surface area contributed by atoms with E-state index in [2.05, 4.69) is 52.8 Å². The second-order valence-electron chi connectivity index (χ2n) is 22.0. The molecule has 13 atom stereocenters. The first kappa shape index (κ1) is 72.6. The van der Waals surface area contributed by atoms with Gasteiger partial charge < -0.3 is 100 Å². The summed E-state index contributed by atoms with van der Waals surface area (Å²) in [6, 6.07) is -2.20. The summed E-state index contributed by atoms with van der Waals surface area (Å²) in [7, 11) is 3.43. The summed E-state index contributed by atoms with van der Waals surface area (Å²) < 4.78 is 5.50. The minimum atomic E-state index is -2.54. The van der Waals surface area contributed by atoms with E-state index >= 15 is 4.79 Å². The van der Waals surface area contributed by atoms with Gasteiger partial charge in [0, 0.05) is 26.3 Å². The van der Waals surface area contributed by atoms with Crippen LogP contribution < -0.4 is 75.3 Å². The number of hydrogen-bond acceptors (Lipinski definition) is 18. The molecule has 482 valence electrons. The Labute approximate surface area is 504 Å². The highest BCUT2D eigenvalue weighted by Crippen LogP contribution is 2.23. The van der Waals surface area contributed by atoms with Gasteiger partial charge in [-0.05, 0) is 67.2 Å². The van der Waals surface area contributed by atoms with Crippen LogP contribution in [-0.2, 0) is 59.3 Å². The van der Waals surface area contributed by atoms with E-state index in [1.165, 1.54) is 26.0 Å². The molecule has 2 aromatic carbocycles. The summed E-state index contributed by atoms with van der Waals surface area (Å²) in [6.07, 6.45) is -7.21. The Morgan fingerprint density at radius 3 is 1.77 bits per heavy atom. The molecule has 87 heavy (non-hydrogen) atoms. The average Bonchev–Trinajstić information content (AvgIpc) is 2.85. The SMILES string of the molecule is CC[C@H](C)[C@@H]1NC(=O)[C@@H](CCCN=C(N)N)NC(=O)[C@H](CC(C)C)NC(=O)[C@H]([C@H](O)C(C)C)NC(=O)[C@@H](NC(=O)OCc2ccccc2)[C@@H](c2ccc(N(C)C)cc2)NC(=O)[C@H](CO)NC(=O)[C@H]([C@H](O)C(N)=O)NC(=O)CNC(=O)[C@H]([C@H](C)O)NC1=O. The van der Waals surface area contributed by atoms with Crippen molar-refractivity contribution in [2.45, 2.75) is 153 Å². The number of aliphatic hydroxyl groups excluding tert-OH is 4. The second kappa shape index (κ2) is 35.1. The molecule has 1 saturated heterocycles. The first-order valence-corrected chi connectivity index (χ1v) is 28.3. The smallest absolute Gasteiger partial charge is 0.408 e. The molecule has 1 aliphatic rings. The van der Waals surface area contributed by atoms with Gasteiger partial charge in [0.1, 0.15) is 54.9 Å². The Morgan fingerprint density at radius 2 is 1.22 bits per heavy atom. The fourth-order valence-electron chi connectivity index (χ4n) is 8.74. The van der Waals surface area contributed by atoms with E-state index in [1.807, 2.05) is 5.32 Å². The van der Waals surface area contributed by atoms with Crippen LogP contribution in [0.4, 0.5) is 10.5 Å². The van der Waals surface area contributed by atoms with Gasteiger partial charge in [-0.1, -0.05) is 90.4 Å². The number of guanidine groups is 1. The van der Waals surface area contributed by atoms with Crippen LogP contribution in [0.3, 0.4) is 0 Å². The molecule has 31 heteroatoms. The van der Waals surface area contributed by atoms with Crippen molar-refractivity contribution in [3.8, 4) is 0 Å². The topological polar surface area (TPSA) is 492 Å². The van der Waals surface area contributed by atoms with E-state index in [-0.39, 0.29) is 56.3 Å². The van der Waals surface area contributed by atoms with Gasteiger partial charge in [0.25, 0.3) is 0 Å². The highest BCUT2D eigenvalue weighted by atomic mass is 16.5. The van der Waals surface area contributed by atoms with Gasteiger partial charge in [-0.2, -0.15) is 0 Å². The fraction of sp³-hybridized carbons (Fsp3) is 0.571. The highest BCUT2D eigenvalue weighted by Gasteiger charge is 2.42. The standard InChI is InChI=1S/C56H87N15O16/c1-10-29(6)38-51(82)67-39(30(7)73)50(81)61-24-37(74)65-43(45(76)46(57)77)54(85)64-36(25-72)49(80)68-40(32-18-20-33(21-19-32)71(8)9)41(70-56(86)87-26-31-15-12-11-13-16-31)52(83)69-42(44(75)28(4)5)53(84)63-35(23-27(2)3)48(79)62-34(47(78)66-38)17-14-22-60-55(58)59/h11-13,15-16,18-21,27-30,34-36,38-45,72-73,75-76H,10,14,17,22-26H2,1-9H3,(H2,57,77)(H,61,81)(H,62,79)(H,63,84)(H,64,85)(H,65,74)(H,66,78)(H,67,82)(H,68,80)(H,69,83)(H,70,86)(H4,58,59,60)/t29-,30-,34+,35-,36-,38-,39-,40+,41-,42-,43-,44+,45-/m0/s1. The van der Waals surface area contributed by atoms with Gasteiger partial charge in [0.05, 0.1) is 31.4 Å². The summed E-state index contributed by atoms with van der Waals surface area (Å²) in [5.74, 6) is -14.3. The van der Waals surface area contributed by atoms with Crippen LogP contribution in [0.2, 0.25) is 0 Å². The number of carbonyl (C=O) groups is 11. The summed E-state index contributed by atoms with van der Waals surface area (Å²) in [5, 5.41) is 67.9. The fourth-order valence-corrected chi connectivity index (χ4v) is 8.74. The van der Waals surface area contributed by atoms with Crippen molar-refractivity contribution >= 4 is 76.8 Å². The molecule has 31 nitrogen and oxygen atoms in total. The largest absolute Gasteiger partial charge is 0.445 e. The number of anilines is 1. The summed E-state index contributed by atoms with van der Waals surface area (Å²) in [6.45, 7) is 8.14. The molecular formula is C56H87N15O16. The predicted octanol–water partition coefficient (Wildman–Crippen LogP) is -4.89. The molecule has 11 amide bonds. The molecule has 0 unspecified atom stereocenters. The molecule has 1 fully saturated rings. The molecule has 2 aromatic rings. The van der Waals surface area contributed by atoms with Crippen LogP contribution in [-0.4, -0.2) is 192 Å². The van der Waals surface area contributed by atoms with E-state index in [9.17, 15) is 68.4 Å². The highest BCUT2D eigenvalue weighted by molar-refractivity contribution is 6.00. The number of benzene rings is 2. The van der Waals surface area contributed by atoms with Crippen LogP contribution in [0.5, 0.6) is 0 Å². The van der Waals surface area contributed by atoms with Crippen molar-refractivity contribution in [1.82, 2.24) is 53.2 Å². The lowest BCUT2D eigenvalue weighted by atomic mass is 9.94. The molecule has 20 N–H and O–H groups in total. The lowest BCUT2D eigenvalue weighted by Crippen LogP contribution is -2.64. The quantitative estimate of drug-likeness (QED) is 0.0356. The van der Waals surface area contributed by atoms with E-state index in [0.717, 1.165) is 6.92 Å². The number of amides is 11. The van der Waals surface area contributed by atoms with E-state index in [0.29, 0.717) is 11.3 Å². The van der Waals surface area contributed by atoms with Gasteiger partial charge >= 0.3 is 6.09 Å². The molecule has 0 radical (unpaired) electrons. The first-order valence-electron chi connectivity index (χ1n) is 28.3. The number of aliphatic hydroxyl groups is 4. The number of hydrogen-bond donors (Lipinski definition) is 17. The minimum absolute atomic E-state index is 0.0325. The number of primary amides is 1. The Bertz CT molecular complexity index is 2710. The number of ether oxygens (including phenoxy) is 1.